The van der Waals surface area contributed by atoms with Crippen LogP contribution in [0.5, 0.6) is 0 Å². The van der Waals surface area contributed by atoms with Crippen molar-refractivity contribution in [1.82, 2.24) is 10.2 Å². The van der Waals surface area contributed by atoms with E-state index in [2.05, 4.69) is 17.1 Å². The number of nitrogens with zero attached hydrogens (tertiary/aromatic N) is 1. The summed E-state index contributed by atoms with van der Waals surface area (Å²) in [6.45, 7) is 8.95. The minimum Gasteiger partial charge on any atom is -0.380 e. The van der Waals surface area contributed by atoms with E-state index in [1.807, 2.05) is 0 Å². The summed E-state index contributed by atoms with van der Waals surface area (Å²) in [7, 11) is 0. The van der Waals surface area contributed by atoms with Crippen LogP contribution in [0.25, 0.3) is 0 Å². The quantitative estimate of drug-likeness (QED) is 0.688. The molecule has 0 bridgehead atoms. The van der Waals surface area contributed by atoms with Crippen LogP contribution in [-0.2, 0) is 4.74 Å². The van der Waals surface area contributed by atoms with E-state index in [4.69, 9.17) is 4.74 Å². The molecule has 3 nitrogen and oxygen atoms in total. The van der Waals surface area contributed by atoms with E-state index in [-0.39, 0.29) is 0 Å². The molecule has 1 saturated heterocycles. The minimum absolute atomic E-state index is 0.700. The minimum atomic E-state index is 0.700. The zero-order valence-corrected chi connectivity index (χ0v) is 11.3. The molecule has 0 aromatic carbocycles. The molecule has 1 heterocycles. The lowest BCUT2D eigenvalue weighted by Crippen LogP contribution is -2.38. The first-order chi connectivity index (χ1) is 8.38. The van der Waals surface area contributed by atoms with E-state index >= 15 is 0 Å². The number of rotatable bonds is 7. The topological polar surface area (TPSA) is 24.5 Å². The van der Waals surface area contributed by atoms with E-state index in [9.17, 15) is 0 Å². The van der Waals surface area contributed by atoms with Crippen molar-refractivity contribution in [3.8, 4) is 0 Å². The van der Waals surface area contributed by atoms with Crippen molar-refractivity contribution in [3.63, 3.8) is 0 Å². The third kappa shape index (κ3) is 5.36. The van der Waals surface area contributed by atoms with Crippen molar-refractivity contribution in [2.75, 3.05) is 39.4 Å². The van der Waals surface area contributed by atoms with Gasteiger partial charge in [0, 0.05) is 25.7 Å². The summed E-state index contributed by atoms with van der Waals surface area (Å²) in [5.41, 5.74) is 0. The Morgan fingerprint density at radius 1 is 1.35 bits per heavy atom. The summed E-state index contributed by atoms with van der Waals surface area (Å²) in [5.74, 6) is 0.897. The molecule has 1 aliphatic heterocycles. The standard InChI is InChI=1S/C14H28N2O/c1-2-4-14-11-16(8-3-7-15-14)9-10-17-12-13-5-6-13/h13-15H,2-12H2,1H3. The summed E-state index contributed by atoms with van der Waals surface area (Å²) >= 11 is 0. The Bertz CT molecular complexity index is 206. The predicted molar refractivity (Wildman–Crippen MR) is 71.3 cm³/mol. The van der Waals surface area contributed by atoms with Crippen molar-refractivity contribution < 1.29 is 4.74 Å². The third-order valence-electron chi connectivity index (χ3n) is 3.80. The smallest absolute Gasteiger partial charge is 0.0593 e. The van der Waals surface area contributed by atoms with Gasteiger partial charge in [-0.3, -0.25) is 4.90 Å². The highest BCUT2D eigenvalue weighted by Crippen LogP contribution is 2.28. The Hall–Kier alpha value is -0.120. The third-order valence-corrected chi connectivity index (χ3v) is 3.80. The molecule has 1 aliphatic carbocycles. The molecular weight excluding hydrogens is 212 g/mol. The second-order valence-electron chi connectivity index (χ2n) is 5.61. The molecular formula is C14H28N2O. The Morgan fingerprint density at radius 3 is 3.00 bits per heavy atom. The van der Waals surface area contributed by atoms with Crippen molar-refractivity contribution in [1.29, 1.82) is 0 Å². The molecule has 0 amide bonds. The number of ether oxygens (including phenoxy) is 1. The maximum absolute atomic E-state index is 5.73. The van der Waals surface area contributed by atoms with Crippen molar-refractivity contribution in [2.45, 2.75) is 45.1 Å². The summed E-state index contributed by atoms with van der Waals surface area (Å²) in [6, 6.07) is 0.700. The predicted octanol–water partition coefficient (Wildman–Crippen LogP) is 1.88. The second-order valence-corrected chi connectivity index (χ2v) is 5.61. The fraction of sp³-hybridized carbons (Fsp3) is 1.00. The van der Waals surface area contributed by atoms with Crippen LogP contribution in [0.3, 0.4) is 0 Å². The van der Waals surface area contributed by atoms with Gasteiger partial charge in [-0.15, -0.1) is 0 Å². The molecule has 2 aliphatic rings. The molecule has 1 saturated carbocycles. The van der Waals surface area contributed by atoms with Crippen LogP contribution >= 0.6 is 0 Å². The van der Waals surface area contributed by atoms with Gasteiger partial charge in [0.05, 0.1) is 6.61 Å². The van der Waals surface area contributed by atoms with E-state index in [1.165, 1.54) is 51.7 Å². The summed E-state index contributed by atoms with van der Waals surface area (Å²) in [6.07, 6.45) is 6.66. The van der Waals surface area contributed by atoms with Gasteiger partial charge in [-0.25, -0.2) is 0 Å². The second kappa shape index (κ2) is 7.34. The molecule has 0 aromatic rings. The summed E-state index contributed by atoms with van der Waals surface area (Å²) in [5, 5.41) is 3.65. The average Bonchev–Trinajstić information content (AvgIpc) is 3.12. The van der Waals surface area contributed by atoms with E-state index in [1.54, 1.807) is 0 Å². The van der Waals surface area contributed by atoms with Gasteiger partial charge >= 0.3 is 0 Å². The number of nitrogens with one attached hydrogen (secondary N) is 1. The van der Waals surface area contributed by atoms with Crippen molar-refractivity contribution in [2.24, 2.45) is 5.92 Å². The Balaban J connectivity index is 1.59. The molecule has 1 N–H and O–H groups in total. The van der Waals surface area contributed by atoms with Crippen molar-refractivity contribution >= 4 is 0 Å². The van der Waals surface area contributed by atoms with Gasteiger partial charge < -0.3 is 10.1 Å². The SMILES string of the molecule is CCCC1CN(CCOCC2CC2)CCCN1. The van der Waals surface area contributed by atoms with Crippen LogP contribution in [0, 0.1) is 5.92 Å². The average molecular weight is 240 g/mol. The molecule has 1 atom stereocenters. The molecule has 17 heavy (non-hydrogen) atoms. The Kier molecular flexibility index (Phi) is 5.75. The van der Waals surface area contributed by atoms with Crippen LogP contribution in [-0.4, -0.2) is 50.3 Å². The molecule has 1 unspecified atom stereocenters. The largest absolute Gasteiger partial charge is 0.380 e. The van der Waals surface area contributed by atoms with Crippen LogP contribution in [0.1, 0.15) is 39.0 Å². The first-order valence-electron chi connectivity index (χ1n) is 7.42. The van der Waals surface area contributed by atoms with E-state index < -0.39 is 0 Å². The van der Waals surface area contributed by atoms with Crippen LogP contribution in [0.4, 0.5) is 0 Å². The first kappa shape index (κ1) is 13.3. The number of hydrogen-bond acceptors (Lipinski definition) is 3. The molecule has 0 spiro atoms. The molecule has 0 radical (unpaired) electrons. The molecule has 0 aromatic heterocycles. The lowest BCUT2D eigenvalue weighted by Gasteiger charge is -2.24. The zero-order valence-electron chi connectivity index (χ0n) is 11.3. The summed E-state index contributed by atoms with van der Waals surface area (Å²) in [4.78, 5) is 2.58. The van der Waals surface area contributed by atoms with Gasteiger partial charge in [0.1, 0.15) is 0 Å². The Labute approximate surface area is 106 Å². The lowest BCUT2D eigenvalue weighted by atomic mass is 10.1. The van der Waals surface area contributed by atoms with Gasteiger partial charge in [-0.05, 0) is 44.7 Å². The fourth-order valence-electron chi connectivity index (χ4n) is 2.55. The first-order valence-corrected chi connectivity index (χ1v) is 7.42. The Morgan fingerprint density at radius 2 is 2.24 bits per heavy atom. The van der Waals surface area contributed by atoms with Gasteiger partial charge in [-0.1, -0.05) is 13.3 Å². The van der Waals surface area contributed by atoms with Gasteiger partial charge in [0.2, 0.25) is 0 Å². The molecule has 2 fully saturated rings. The van der Waals surface area contributed by atoms with Crippen molar-refractivity contribution in [3.05, 3.63) is 0 Å². The van der Waals surface area contributed by atoms with E-state index in [0.29, 0.717) is 6.04 Å². The van der Waals surface area contributed by atoms with Gasteiger partial charge in [0.15, 0.2) is 0 Å². The number of hydrogen-bond donors (Lipinski definition) is 1. The monoisotopic (exact) mass is 240 g/mol. The maximum Gasteiger partial charge on any atom is 0.0593 e. The summed E-state index contributed by atoms with van der Waals surface area (Å²) < 4.78 is 5.73. The normalized spacial score (nSPS) is 27.0. The van der Waals surface area contributed by atoms with Crippen LogP contribution in [0.2, 0.25) is 0 Å². The zero-order chi connectivity index (χ0) is 11.9. The van der Waals surface area contributed by atoms with Crippen LogP contribution in [0.15, 0.2) is 0 Å². The fourth-order valence-corrected chi connectivity index (χ4v) is 2.55. The van der Waals surface area contributed by atoms with Crippen LogP contribution < -0.4 is 5.32 Å². The lowest BCUT2D eigenvalue weighted by molar-refractivity contribution is 0.0953. The van der Waals surface area contributed by atoms with Gasteiger partial charge in [0.25, 0.3) is 0 Å². The van der Waals surface area contributed by atoms with Gasteiger partial charge in [-0.2, -0.15) is 0 Å². The maximum atomic E-state index is 5.73. The van der Waals surface area contributed by atoms with E-state index in [0.717, 1.165) is 25.7 Å². The highest BCUT2D eigenvalue weighted by molar-refractivity contribution is 4.76. The molecule has 100 valence electrons. The highest BCUT2D eigenvalue weighted by Gasteiger charge is 2.21. The highest BCUT2D eigenvalue weighted by atomic mass is 16.5. The molecule has 2 rings (SSSR count). The molecule has 3 heteroatoms.